The Bertz CT molecular complexity index is 702. The van der Waals surface area contributed by atoms with E-state index in [1.165, 1.54) is 35.1 Å². The summed E-state index contributed by atoms with van der Waals surface area (Å²) < 4.78 is 10.2. The fourth-order valence-electron chi connectivity index (χ4n) is 1.48. The van der Waals surface area contributed by atoms with Gasteiger partial charge in [-0.05, 0) is 31.6 Å². The molecule has 0 fully saturated rings. The summed E-state index contributed by atoms with van der Waals surface area (Å²) in [5.41, 5.74) is 1.11. The van der Waals surface area contributed by atoms with Crippen LogP contribution in [-0.4, -0.2) is 27.3 Å². The summed E-state index contributed by atoms with van der Waals surface area (Å²) in [6.45, 7) is 3.54. The molecule has 0 aliphatic rings. The minimum Gasteiger partial charge on any atom is -0.444 e. The Hall–Kier alpha value is -1.50. The van der Waals surface area contributed by atoms with Gasteiger partial charge in [0.15, 0.2) is 4.34 Å². The van der Waals surface area contributed by atoms with Crippen LogP contribution in [0.25, 0.3) is 0 Å². The van der Waals surface area contributed by atoms with Crippen LogP contribution in [0.1, 0.15) is 16.9 Å². The van der Waals surface area contributed by atoms with E-state index in [1.54, 1.807) is 13.8 Å². The van der Waals surface area contributed by atoms with Crippen LogP contribution < -0.4 is 5.32 Å². The number of nitriles is 1. The van der Waals surface area contributed by atoms with Crippen molar-refractivity contribution in [3.63, 3.8) is 0 Å². The van der Waals surface area contributed by atoms with Crippen molar-refractivity contribution >= 4 is 46.8 Å². The summed E-state index contributed by atoms with van der Waals surface area (Å²) in [7, 11) is 0. The largest absolute Gasteiger partial charge is 0.444 e. The molecule has 1 N–H and O–H groups in total. The fraction of sp³-hybridized carbons (Fsp3) is 0.333. The Labute approximate surface area is 134 Å². The molecular formula is C12H12N4O2S3. The van der Waals surface area contributed by atoms with Crippen LogP contribution >= 0.6 is 35.1 Å². The molecule has 6 nitrogen and oxygen atoms in total. The molecule has 2 rings (SSSR count). The van der Waals surface area contributed by atoms with Crippen LogP contribution in [0.15, 0.2) is 13.9 Å². The lowest BCUT2D eigenvalue weighted by Gasteiger charge is -2.00. The third-order valence-electron chi connectivity index (χ3n) is 2.65. The Balaban J connectivity index is 1.96. The maximum absolute atomic E-state index is 11.9. The number of aryl methyl sites for hydroxylation is 1. The summed E-state index contributed by atoms with van der Waals surface area (Å²) >= 11 is 4.02. The molecule has 2 aromatic rings. The SMILES string of the molecule is CSc1nsc(SCC(=O)Nc2oc(C)c(C)c2C#N)n1. The third kappa shape index (κ3) is 3.78. The zero-order valence-corrected chi connectivity index (χ0v) is 14.0. The van der Waals surface area contributed by atoms with Crippen molar-refractivity contribution in [3.05, 3.63) is 16.9 Å². The van der Waals surface area contributed by atoms with E-state index in [1.807, 2.05) is 12.3 Å². The van der Waals surface area contributed by atoms with Crippen LogP contribution in [0.2, 0.25) is 0 Å². The highest BCUT2D eigenvalue weighted by Gasteiger charge is 2.17. The number of nitrogens with one attached hydrogen (secondary N) is 1. The molecule has 0 aliphatic heterocycles. The van der Waals surface area contributed by atoms with Crippen LogP contribution in [0.3, 0.4) is 0 Å². The molecule has 0 saturated carbocycles. The van der Waals surface area contributed by atoms with E-state index in [4.69, 9.17) is 9.68 Å². The number of hydrogen-bond donors (Lipinski definition) is 1. The van der Waals surface area contributed by atoms with Crippen molar-refractivity contribution < 1.29 is 9.21 Å². The molecule has 2 heterocycles. The Morgan fingerprint density at radius 2 is 2.29 bits per heavy atom. The first-order valence-electron chi connectivity index (χ1n) is 5.85. The molecule has 1 amide bonds. The van der Waals surface area contributed by atoms with Gasteiger partial charge >= 0.3 is 0 Å². The van der Waals surface area contributed by atoms with Crippen molar-refractivity contribution in [1.82, 2.24) is 9.36 Å². The number of amides is 1. The van der Waals surface area contributed by atoms with Gasteiger partial charge in [0.25, 0.3) is 0 Å². The second kappa shape index (κ2) is 6.98. The maximum atomic E-state index is 11.9. The number of nitrogens with zero attached hydrogens (tertiary/aromatic N) is 3. The Morgan fingerprint density at radius 3 is 2.90 bits per heavy atom. The number of aromatic nitrogens is 2. The number of rotatable bonds is 5. The molecule has 0 aromatic carbocycles. The summed E-state index contributed by atoms with van der Waals surface area (Å²) in [4.78, 5) is 16.1. The molecule has 9 heteroatoms. The quantitative estimate of drug-likeness (QED) is 0.836. The zero-order chi connectivity index (χ0) is 15.4. The van der Waals surface area contributed by atoms with E-state index in [9.17, 15) is 4.79 Å². The van der Waals surface area contributed by atoms with E-state index in [-0.39, 0.29) is 17.5 Å². The number of anilines is 1. The molecule has 0 bridgehead atoms. The molecule has 110 valence electrons. The lowest BCUT2D eigenvalue weighted by atomic mass is 10.2. The second-order valence-corrected chi connectivity index (χ2v) is 6.73. The van der Waals surface area contributed by atoms with Gasteiger partial charge in [0.2, 0.25) is 16.9 Å². The van der Waals surface area contributed by atoms with Crippen LogP contribution in [0, 0.1) is 25.2 Å². The van der Waals surface area contributed by atoms with Crippen molar-refractivity contribution in [1.29, 1.82) is 5.26 Å². The topological polar surface area (TPSA) is 91.8 Å². The third-order valence-corrected chi connectivity index (χ3v) is 5.15. The van der Waals surface area contributed by atoms with Gasteiger partial charge in [-0.1, -0.05) is 23.5 Å². The number of thioether (sulfide) groups is 2. The highest BCUT2D eigenvalue weighted by atomic mass is 32.2. The van der Waals surface area contributed by atoms with Crippen molar-refractivity contribution in [2.75, 3.05) is 17.3 Å². The highest BCUT2D eigenvalue weighted by molar-refractivity contribution is 8.01. The Kier molecular flexibility index (Phi) is 5.27. The maximum Gasteiger partial charge on any atom is 0.237 e. The van der Waals surface area contributed by atoms with Gasteiger partial charge in [-0.25, -0.2) is 4.98 Å². The standard InChI is InChI=1S/C12H12N4O2S3/c1-6-7(2)18-10(8(6)4-13)14-9(17)5-20-12-15-11(19-3)16-21-12/h5H2,1-3H3,(H,14,17). The second-order valence-electron chi connectivity index (χ2n) is 3.98. The number of carbonyl (C=O) groups excluding carboxylic acids is 1. The summed E-state index contributed by atoms with van der Waals surface area (Å²) in [6, 6.07) is 2.04. The molecule has 0 unspecified atom stereocenters. The molecule has 0 radical (unpaired) electrons. The van der Waals surface area contributed by atoms with Crippen LogP contribution in [-0.2, 0) is 4.79 Å². The summed E-state index contributed by atoms with van der Waals surface area (Å²) in [5, 5.41) is 12.4. The monoisotopic (exact) mass is 340 g/mol. The fourth-order valence-corrected chi connectivity index (χ4v) is 3.49. The number of furan rings is 1. The highest BCUT2D eigenvalue weighted by Crippen LogP contribution is 2.27. The first kappa shape index (κ1) is 15.9. The zero-order valence-electron chi connectivity index (χ0n) is 11.6. The van der Waals surface area contributed by atoms with Gasteiger partial charge in [-0.3, -0.25) is 10.1 Å². The van der Waals surface area contributed by atoms with E-state index >= 15 is 0 Å². The van der Waals surface area contributed by atoms with Gasteiger partial charge in [0.05, 0.1) is 5.75 Å². The number of carbonyl (C=O) groups is 1. The molecule has 21 heavy (non-hydrogen) atoms. The lowest BCUT2D eigenvalue weighted by Crippen LogP contribution is -2.14. The average Bonchev–Trinajstić information content (AvgIpc) is 3.02. The molecule has 2 aromatic heterocycles. The first-order valence-corrected chi connectivity index (χ1v) is 8.84. The smallest absolute Gasteiger partial charge is 0.237 e. The number of hydrogen-bond acceptors (Lipinski definition) is 8. The molecular weight excluding hydrogens is 328 g/mol. The van der Waals surface area contributed by atoms with Crippen molar-refractivity contribution in [2.24, 2.45) is 0 Å². The normalized spacial score (nSPS) is 10.4. The van der Waals surface area contributed by atoms with E-state index in [2.05, 4.69) is 14.7 Å². The van der Waals surface area contributed by atoms with E-state index in [0.717, 1.165) is 9.90 Å². The molecule has 0 spiro atoms. The van der Waals surface area contributed by atoms with E-state index in [0.29, 0.717) is 16.5 Å². The predicted octanol–water partition coefficient (Wildman–Crippen LogP) is 3.07. The predicted molar refractivity (Wildman–Crippen MR) is 83.9 cm³/mol. The lowest BCUT2D eigenvalue weighted by molar-refractivity contribution is -0.113. The van der Waals surface area contributed by atoms with Crippen LogP contribution in [0.5, 0.6) is 0 Å². The van der Waals surface area contributed by atoms with Crippen molar-refractivity contribution in [3.8, 4) is 6.07 Å². The average molecular weight is 340 g/mol. The molecule has 0 atom stereocenters. The summed E-state index contributed by atoms with van der Waals surface area (Å²) in [6.07, 6.45) is 1.90. The minimum absolute atomic E-state index is 0.187. The minimum atomic E-state index is -0.244. The molecule has 0 saturated heterocycles. The Morgan fingerprint density at radius 1 is 1.52 bits per heavy atom. The van der Waals surface area contributed by atoms with Gasteiger partial charge < -0.3 is 4.42 Å². The van der Waals surface area contributed by atoms with Gasteiger partial charge in [0, 0.05) is 5.56 Å². The van der Waals surface area contributed by atoms with E-state index < -0.39 is 0 Å². The van der Waals surface area contributed by atoms with Gasteiger partial charge in [-0.15, -0.1) is 0 Å². The summed E-state index contributed by atoms with van der Waals surface area (Å²) in [5.74, 6) is 0.779. The van der Waals surface area contributed by atoms with Crippen LogP contribution in [0.4, 0.5) is 5.88 Å². The van der Waals surface area contributed by atoms with Crippen molar-refractivity contribution in [2.45, 2.75) is 23.3 Å². The molecule has 0 aliphatic carbocycles. The van der Waals surface area contributed by atoms with Gasteiger partial charge in [0.1, 0.15) is 17.4 Å². The first-order chi connectivity index (χ1) is 10.0. The van der Waals surface area contributed by atoms with Gasteiger partial charge in [-0.2, -0.15) is 9.64 Å².